The first-order valence-electron chi connectivity index (χ1n) is 7.85. The Morgan fingerprint density at radius 1 is 1.18 bits per heavy atom. The molecule has 0 spiro atoms. The number of rotatable bonds is 6. The van der Waals surface area contributed by atoms with Gasteiger partial charge in [0.25, 0.3) is 5.91 Å². The van der Waals surface area contributed by atoms with Crippen LogP contribution in [0.4, 0.5) is 0 Å². The zero-order valence-corrected chi connectivity index (χ0v) is 13.8. The van der Waals surface area contributed by atoms with E-state index in [0.29, 0.717) is 5.56 Å². The molecule has 0 bridgehead atoms. The van der Waals surface area contributed by atoms with Gasteiger partial charge in [-0.25, -0.2) is 0 Å². The van der Waals surface area contributed by atoms with E-state index in [1.165, 1.54) is 0 Å². The average Bonchev–Trinajstić information content (AvgIpc) is 2.52. The molecule has 2 aromatic rings. The summed E-state index contributed by atoms with van der Waals surface area (Å²) in [7, 11) is 1.64. The molecule has 1 heterocycles. The number of aromatic nitrogens is 1. The van der Waals surface area contributed by atoms with Crippen LogP contribution >= 0.6 is 0 Å². The van der Waals surface area contributed by atoms with Crippen LogP contribution in [0.1, 0.15) is 42.7 Å². The van der Waals surface area contributed by atoms with Crippen molar-refractivity contribution in [2.24, 2.45) is 0 Å². The van der Waals surface area contributed by atoms with Crippen LogP contribution < -0.4 is 4.74 Å². The minimum absolute atomic E-state index is 0.0754. The highest BCUT2D eigenvalue weighted by Crippen LogP contribution is 2.22. The highest BCUT2D eigenvalue weighted by Gasteiger charge is 2.18. The second-order valence-electron chi connectivity index (χ2n) is 5.47. The van der Waals surface area contributed by atoms with Crippen molar-refractivity contribution in [3.63, 3.8) is 0 Å². The standard InChI is InChI=1S/C18H24N2O2/c1-5-9-20(10-6-2)18(21)16-11-14-7-8-15(22-4)12-17(14)19-13(16)3/h7-8,11-12H,5-6,9-10H2,1-4H3. The van der Waals surface area contributed by atoms with Crippen LogP contribution in [0.3, 0.4) is 0 Å². The van der Waals surface area contributed by atoms with E-state index in [2.05, 4.69) is 18.8 Å². The largest absolute Gasteiger partial charge is 0.497 e. The number of hydrogen-bond acceptors (Lipinski definition) is 3. The normalized spacial score (nSPS) is 10.7. The molecule has 0 aliphatic heterocycles. The molecule has 0 fully saturated rings. The maximum Gasteiger partial charge on any atom is 0.255 e. The van der Waals surface area contributed by atoms with E-state index in [-0.39, 0.29) is 5.91 Å². The third kappa shape index (κ3) is 3.38. The molecule has 4 heteroatoms. The highest BCUT2D eigenvalue weighted by molar-refractivity contribution is 5.98. The van der Waals surface area contributed by atoms with Crippen molar-refractivity contribution in [1.29, 1.82) is 0 Å². The summed E-state index contributed by atoms with van der Waals surface area (Å²) in [5, 5.41) is 0.961. The summed E-state index contributed by atoms with van der Waals surface area (Å²) in [6.07, 6.45) is 1.92. The second-order valence-corrected chi connectivity index (χ2v) is 5.47. The van der Waals surface area contributed by atoms with Gasteiger partial charge in [0.2, 0.25) is 0 Å². The molecule has 0 N–H and O–H groups in total. The average molecular weight is 300 g/mol. The fraction of sp³-hybridized carbons (Fsp3) is 0.444. The lowest BCUT2D eigenvalue weighted by molar-refractivity contribution is 0.0754. The first kappa shape index (κ1) is 16.3. The molecule has 22 heavy (non-hydrogen) atoms. The molecule has 118 valence electrons. The number of hydrogen-bond donors (Lipinski definition) is 0. The van der Waals surface area contributed by atoms with Crippen molar-refractivity contribution in [3.8, 4) is 5.75 Å². The Bertz CT molecular complexity index is 661. The molecule has 0 radical (unpaired) electrons. The van der Waals surface area contributed by atoms with Crippen molar-refractivity contribution in [3.05, 3.63) is 35.5 Å². The van der Waals surface area contributed by atoms with E-state index in [1.54, 1.807) is 7.11 Å². The molecular formula is C18H24N2O2. The van der Waals surface area contributed by atoms with Gasteiger partial charge in [-0.3, -0.25) is 9.78 Å². The maximum atomic E-state index is 12.8. The van der Waals surface area contributed by atoms with E-state index in [4.69, 9.17) is 4.74 Å². The number of carbonyl (C=O) groups excluding carboxylic acids is 1. The summed E-state index contributed by atoms with van der Waals surface area (Å²) in [6.45, 7) is 7.64. The van der Waals surface area contributed by atoms with Gasteiger partial charge in [0.1, 0.15) is 5.75 Å². The Labute approximate surface area is 132 Å². The lowest BCUT2D eigenvalue weighted by atomic mass is 10.1. The first-order chi connectivity index (χ1) is 10.6. The van der Waals surface area contributed by atoms with Gasteiger partial charge in [0.15, 0.2) is 0 Å². The zero-order valence-electron chi connectivity index (χ0n) is 13.8. The minimum Gasteiger partial charge on any atom is -0.497 e. The Balaban J connectivity index is 2.41. The van der Waals surface area contributed by atoms with Gasteiger partial charge in [-0.15, -0.1) is 0 Å². The number of fused-ring (bicyclic) bond motifs is 1. The van der Waals surface area contributed by atoms with Gasteiger partial charge in [0, 0.05) is 24.5 Å². The molecular weight excluding hydrogens is 276 g/mol. The maximum absolute atomic E-state index is 12.8. The van der Waals surface area contributed by atoms with Crippen molar-refractivity contribution < 1.29 is 9.53 Å². The molecule has 1 amide bonds. The SMILES string of the molecule is CCCN(CCC)C(=O)c1cc2ccc(OC)cc2nc1C. The second kappa shape index (κ2) is 7.25. The van der Waals surface area contributed by atoms with E-state index in [1.807, 2.05) is 36.1 Å². The quantitative estimate of drug-likeness (QED) is 0.814. The van der Waals surface area contributed by atoms with Crippen molar-refractivity contribution >= 4 is 16.8 Å². The summed E-state index contributed by atoms with van der Waals surface area (Å²) < 4.78 is 5.23. The molecule has 4 nitrogen and oxygen atoms in total. The van der Waals surface area contributed by atoms with Gasteiger partial charge < -0.3 is 9.64 Å². The molecule has 0 saturated heterocycles. The van der Waals surface area contributed by atoms with Crippen molar-refractivity contribution in [1.82, 2.24) is 9.88 Å². The van der Waals surface area contributed by atoms with Crippen LogP contribution in [-0.4, -0.2) is 36.0 Å². The Morgan fingerprint density at radius 2 is 1.86 bits per heavy atom. The van der Waals surface area contributed by atoms with Crippen LogP contribution in [0, 0.1) is 6.92 Å². The Morgan fingerprint density at radius 3 is 2.45 bits per heavy atom. The first-order valence-corrected chi connectivity index (χ1v) is 7.85. The van der Waals surface area contributed by atoms with E-state index in [9.17, 15) is 4.79 Å². The summed E-state index contributed by atoms with van der Waals surface area (Å²) in [5.74, 6) is 0.850. The molecule has 0 atom stereocenters. The predicted octanol–water partition coefficient (Wildman–Crippen LogP) is 3.81. The predicted molar refractivity (Wildman–Crippen MR) is 89.5 cm³/mol. The van der Waals surface area contributed by atoms with Crippen LogP contribution in [-0.2, 0) is 0 Å². The Kier molecular flexibility index (Phi) is 5.36. The van der Waals surface area contributed by atoms with E-state index in [0.717, 1.165) is 48.3 Å². The van der Waals surface area contributed by atoms with Gasteiger partial charge in [0.05, 0.1) is 23.9 Å². The molecule has 2 rings (SSSR count). The Hall–Kier alpha value is -2.10. The van der Waals surface area contributed by atoms with Crippen LogP contribution in [0.5, 0.6) is 5.75 Å². The number of pyridine rings is 1. The third-order valence-electron chi connectivity index (χ3n) is 3.72. The van der Waals surface area contributed by atoms with Gasteiger partial charge in [-0.1, -0.05) is 13.8 Å². The lowest BCUT2D eigenvalue weighted by Crippen LogP contribution is -2.33. The van der Waals surface area contributed by atoms with E-state index < -0.39 is 0 Å². The van der Waals surface area contributed by atoms with Gasteiger partial charge in [-0.2, -0.15) is 0 Å². The molecule has 0 aliphatic carbocycles. The molecule has 0 unspecified atom stereocenters. The summed E-state index contributed by atoms with van der Waals surface area (Å²) >= 11 is 0. The van der Waals surface area contributed by atoms with Crippen LogP contribution in [0.15, 0.2) is 24.3 Å². The number of benzene rings is 1. The molecule has 1 aromatic heterocycles. The number of carbonyl (C=O) groups is 1. The van der Waals surface area contributed by atoms with Crippen LogP contribution in [0.25, 0.3) is 10.9 Å². The topological polar surface area (TPSA) is 42.4 Å². The monoisotopic (exact) mass is 300 g/mol. The zero-order chi connectivity index (χ0) is 16.1. The molecule has 0 saturated carbocycles. The number of ether oxygens (including phenoxy) is 1. The van der Waals surface area contributed by atoms with Crippen LogP contribution in [0.2, 0.25) is 0 Å². The summed E-state index contributed by atoms with van der Waals surface area (Å²) in [5.41, 5.74) is 2.31. The fourth-order valence-electron chi connectivity index (χ4n) is 2.61. The summed E-state index contributed by atoms with van der Waals surface area (Å²) in [4.78, 5) is 19.3. The van der Waals surface area contributed by atoms with Gasteiger partial charge >= 0.3 is 0 Å². The lowest BCUT2D eigenvalue weighted by Gasteiger charge is -2.22. The number of aryl methyl sites for hydroxylation is 1. The molecule has 0 aliphatic rings. The number of methoxy groups -OCH3 is 1. The minimum atomic E-state index is 0.0754. The van der Waals surface area contributed by atoms with Gasteiger partial charge in [-0.05, 0) is 38.0 Å². The number of amides is 1. The smallest absolute Gasteiger partial charge is 0.255 e. The highest BCUT2D eigenvalue weighted by atomic mass is 16.5. The van der Waals surface area contributed by atoms with E-state index >= 15 is 0 Å². The van der Waals surface area contributed by atoms with Crippen molar-refractivity contribution in [2.45, 2.75) is 33.6 Å². The molecule has 1 aromatic carbocycles. The third-order valence-corrected chi connectivity index (χ3v) is 3.72. The van der Waals surface area contributed by atoms with Crippen molar-refractivity contribution in [2.75, 3.05) is 20.2 Å². The summed E-state index contributed by atoms with van der Waals surface area (Å²) in [6, 6.07) is 7.68. The number of nitrogens with zero attached hydrogens (tertiary/aromatic N) is 2. The fourth-order valence-corrected chi connectivity index (χ4v) is 2.61.